The molecule has 1 aromatic carbocycles. The van der Waals surface area contributed by atoms with E-state index in [1.54, 1.807) is 0 Å². The Labute approximate surface area is 105 Å². The van der Waals surface area contributed by atoms with Crippen LogP contribution in [-0.4, -0.2) is 19.8 Å². The van der Waals surface area contributed by atoms with Gasteiger partial charge in [0.15, 0.2) is 0 Å². The first-order chi connectivity index (χ1) is 8.38. The Morgan fingerprint density at radius 3 is 2.59 bits per heavy atom. The van der Waals surface area contributed by atoms with Crippen LogP contribution in [0.2, 0.25) is 0 Å². The number of hydrogen-bond donors (Lipinski definition) is 1. The van der Waals surface area contributed by atoms with Crippen molar-refractivity contribution < 1.29 is 4.74 Å². The molecule has 2 nitrogen and oxygen atoms in total. The lowest BCUT2D eigenvalue weighted by molar-refractivity contribution is 0.146. The van der Waals surface area contributed by atoms with Gasteiger partial charge >= 0.3 is 0 Å². The van der Waals surface area contributed by atoms with E-state index in [1.807, 2.05) is 6.92 Å². The highest BCUT2D eigenvalue weighted by Crippen LogP contribution is 2.18. The van der Waals surface area contributed by atoms with Crippen molar-refractivity contribution >= 4 is 0 Å². The molecular formula is C15H25NO. The summed E-state index contributed by atoms with van der Waals surface area (Å²) in [6.45, 7) is 6.80. The van der Waals surface area contributed by atoms with Crippen LogP contribution in [-0.2, 0) is 4.74 Å². The van der Waals surface area contributed by atoms with Crippen molar-refractivity contribution in [2.45, 2.75) is 39.2 Å². The number of rotatable bonds is 9. The average molecular weight is 235 g/mol. The largest absolute Gasteiger partial charge is 0.380 e. The second-order valence-corrected chi connectivity index (χ2v) is 4.26. The highest BCUT2D eigenvalue weighted by atomic mass is 16.5. The Kier molecular flexibility index (Phi) is 7.69. The smallest absolute Gasteiger partial charge is 0.0590 e. The monoisotopic (exact) mass is 235 g/mol. The van der Waals surface area contributed by atoms with E-state index in [0.29, 0.717) is 6.04 Å². The third kappa shape index (κ3) is 5.85. The van der Waals surface area contributed by atoms with Crippen LogP contribution in [0, 0.1) is 0 Å². The first-order valence-corrected chi connectivity index (χ1v) is 6.74. The summed E-state index contributed by atoms with van der Waals surface area (Å²) < 4.78 is 5.36. The van der Waals surface area contributed by atoms with Gasteiger partial charge in [-0.15, -0.1) is 0 Å². The second-order valence-electron chi connectivity index (χ2n) is 4.26. The average Bonchev–Trinajstić information content (AvgIpc) is 2.39. The van der Waals surface area contributed by atoms with Gasteiger partial charge in [0.1, 0.15) is 0 Å². The summed E-state index contributed by atoms with van der Waals surface area (Å²) in [6, 6.07) is 11.2. The molecule has 0 aliphatic rings. The number of unbranched alkanes of at least 4 members (excludes halogenated alkanes) is 1. The predicted molar refractivity (Wildman–Crippen MR) is 73.2 cm³/mol. The van der Waals surface area contributed by atoms with E-state index < -0.39 is 0 Å². The fourth-order valence-electron chi connectivity index (χ4n) is 1.93. The van der Waals surface area contributed by atoms with Crippen molar-refractivity contribution in [1.29, 1.82) is 0 Å². The molecule has 0 saturated carbocycles. The first-order valence-electron chi connectivity index (χ1n) is 6.74. The molecule has 0 aromatic heterocycles. The third-order valence-electron chi connectivity index (χ3n) is 2.89. The van der Waals surface area contributed by atoms with Crippen molar-refractivity contribution in [3.8, 4) is 0 Å². The van der Waals surface area contributed by atoms with Crippen molar-refractivity contribution in [3.63, 3.8) is 0 Å². The zero-order valence-corrected chi connectivity index (χ0v) is 11.1. The quantitative estimate of drug-likeness (QED) is 0.661. The Balaban J connectivity index is 2.43. The number of hydrogen-bond acceptors (Lipinski definition) is 2. The molecule has 1 N–H and O–H groups in total. The molecule has 0 aliphatic carbocycles. The van der Waals surface area contributed by atoms with E-state index in [2.05, 4.69) is 42.6 Å². The van der Waals surface area contributed by atoms with E-state index in [9.17, 15) is 0 Å². The van der Waals surface area contributed by atoms with Crippen LogP contribution in [0.5, 0.6) is 0 Å². The summed E-state index contributed by atoms with van der Waals surface area (Å²) in [7, 11) is 0. The Hall–Kier alpha value is -0.860. The Morgan fingerprint density at radius 1 is 1.18 bits per heavy atom. The van der Waals surface area contributed by atoms with Gasteiger partial charge in [-0.2, -0.15) is 0 Å². The van der Waals surface area contributed by atoms with Gasteiger partial charge in [-0.25, -0.2) is 0 Å². The van der Waals surface area contributed by atoms with Crippen LogP contribution in [0.15, 0.2) is 30.3 Å². The molecule has 96 valence electrons. The van der Waals surface area contributed by atoms with Gasteiger partial charge in [0.05, 0.1) is 6.61 Å². The molecule has 0 spiro atoms. The Bertz CT molecular complexity index is 274. The third-order valence-corrected chi connectivity index (χ3v) is 2.89. The fraction of sp³-hybridized carbons (Fsp3) is 0.600. The van der Waals surface area contributed by atoms with Crippen molar-refractivity contribution in [2.24, 2.45) is 0 Å². The topological polar surface area (TPSA) is 21.3 Å². The van der Waals surface area contributed by atoms with E-state index in [4.69, 9.17) is 4.74 Å². The van der Waals surface area contributed by atoms with Gasteiger partial charge in [0.25, 0.3) is 0 Å². The molecule has 0 radical (unpaired) electrons. The van der Waals surface area contributed by atoms with Crippen LogP contribution in [0.25, 0.3) is 0 Å². The first kappa shape index (κ1) is 14.2. The molecule has 17 heavy (non-hydrogen) atoms. The molecule has 0 heterocycles. The SMILES string of the molecule is CCCCC(NCCOCC)c1ccccc1. The highest BCUT2D eigenvalue weighted by Gasteiger charge is 2.09. The molecule has 0 amide bonds. The van der Waals surface area contributed by atoms with Crippen LogP contribution in [0.3, 0.4) is 0 Å². The minimum absolute atomic E-state index is 0.469. The lowest BCUT2D eigenvalue weighted by Crippen LogP contribution is -2.25. The summed E-state index contributed by atoms with van der Waals surface area (Å²) >= 11 is 0. The summed E-state index contributed by atoms with van der Waals surface area (Å²) in [6.07, 6.45) is 3.71. The highest BCUT2D eigenvalue weighted by molar-refractivity contribution is 5.18. The maximum absolute atomic E-state index is 5.36. The van der Waals surface area contributed by atoms with Crippen LogP contribution in [0.4, 0.5) is 0 Å². The zero-order chi connectivity index (χ0) is 12.3. The number of nitrogens with one attached hydrogen (secondary N) is 1. The molecule has 1 aromatic rings. The molecule has 0 fully saturated rings. The number of benzene rings is 1. The molecule has 1 unspecified atom stereocenters. The second kappa shape index (κ2) is 9.20. The molecule has 1 atom stereocenters. The summed E-state index contributed by atoms with van der Waals surface area (Å²) in [5.41, 5.74) is 1.39. The summed E-state index contributed by atoms with van der Waals surface area (Å²) in [5, 5.41) is 3.58. The standard InChI is InChI=1S/C15H25NO/c1-3-5-11-15(16-12-13-17-4-2)14-9-7-6-8-10-14/h6-10,15-16H,3-5,11-13H2,1-2H3. The van der Waals surface area contributed by atoms with Crippen LogP contribution in [0.1, 0.15) is 44.7 Å². The van der Waals surface area contributed by atoms with Gasteiger partial charge < -0.3 is 10.1 Å². The van der Waals surface area contributed by atoms with Crippen molar-refractivity contribution in [2.75, 3.05) is 19.8 Å². The van der Waals surface area contributed by atoms with Crippen LogP contribution < -0.4 is 5.32 Å². The van der Waals surface area contributed by atoms with Gasteiger partial charge in [-0.1, -0.05) is 50.1 Å². The normalized spacial score (nSPS) is 12.6. The molecule has 0 bridgehead atoms. The van der Waals surface area contributed by atoms with Gasteiger partial charge in [-0.3, -0.25) is 0 Å². The van der Waals surface area contributed by atoms with E-state index in [-0.39, 0.29) is 0 Å². The molecule has 2 heteroatoms. The maximum atomic E-state index is 5.36. The zero-order valence-electron chi connectivity index (χ0n) is 11.1. The van der Waals surface area contributed by atoms with Crippen molar-refractivity contribution in [3.05, 3.63) is 35.9 Å². The molecular weight excluding hydrogens is 210 g/mol. The lowest BCUT2D eigenvalue weighted by atomic mass is 10.0. The minimum Gasteiger partial charge on any atom is -0.380 e. The maximum Gasteiger partial charge on any atom is 0.0590 e. The fourth-order valence-corrected chi connectivity index (χ4v) is 1.93. The van der Waals surface area contributed by atoms with Gasteiger partial charge in [0.2, 0.25) is 0 Å². The van der Waals surface area contributed by atoms with E-state index in [1.165, 1.54) is 24.8 Å². The molecule has 1 rings (SSSR count). The number of ether oxygens (including phenoxy) is 1. The summed E-state index contributed by atoms with van der Waals surface area (Å²) in [5.74, 6) is 0. The van der Waals surface area contributed by atoms with Crippen molar-refractivity contribution in [1.82, 2.24) is 5.32 Å². The van der Waals surface area contributed by atoms with E-state index >= 15 is 0 Å². The molecule has 0 saturated heterocycles. The predicted octanol–water partition coefficient (Wildman–Crippen LogP) is 3.54. The van der Waals surface area contributed by atoms with E-state index in [0.717, 1.165) is 19.8 Å². The van der Waals surface area contributed by atoms with Gasteiger partial charge in [-0.05, 0) is 18.9 Å². The molecule has 0 aliphatic heterocycles. The minimum atomic E-state index is 0.469. The summed E-state index contributed by atoms with van der Waals surface area (Å²) in [4.78, 5) is 0. The lowest BCUT2D eigenvalue weighted by Gasteiger charge is -2.19. The van der Waals surface area contributed by atoms with Gasteiger partial charge in [0, 0.05) is 19.2 Å². The Morgan fingerprint density at radius 2 is 1.94 bits per heavy atom. The van der Waals surface area contributed by atoms with Crippen LogP contribution >= 0.6 is 0 Å².